The molecule has 0 unspecified atom stereocenters. The average molecular weight is 456 g/mol. The molecule has 0 bridgehead atoms. The minimum Gasteiger partial charge on any atom is -0.298 e. The first-order valence-corrected chi connectivity index (χ1v) is 8.91. The summed E-state index contributed by atoms with van der Waals surface area (Å²) >= 11 is 23.3. The molecule has 2 heterocycles. The Labute approximate surface area is 184 Å². The van der Waals surface area contributed by atoms with Crippen molar-refractivity contribution in [3.05, 3.63) is 80.5 Å². The van der Waals surface area contributed by atoms with Gasteiger partial charge in [-0.1, -0.05) is 85.5 Å². The summed E-state index contributed by atoms with van der Waals surface area (Å²) in [5.74, 6) is 0. The van der Waals surface area contributed by atoms with E-state index < -0.39 is 0 Å². The van der Waals surface area contributed by atoms with Crippen molar-refractivity contribution in [2.24, 2.45) is 0 Å². The van der Waals surface area contributed by atoms with Crippen molar-refractivity contribution in [3.63, 3.8) is 0 Å². The summed E-state index contributed by atoms with van der Waals surface area (Å²) in [5, 5.41) is 3.63. The number of aromatic nitrogens is 2. The third-order valence-corrected chi connectivity index (χ3v) is 4.66. The maximum atomic E-state index is 10.6. The Kier molecular flexibility index (Phi) is 9.12. The van der Waals surface area contributed by atoms with Crippen LogP contribution in [0.2, 0.25) is 20.4 Å². The molecule has 0 radical (unpaired) electrons. The maximum Gasteiger partial charge on any atom is 0.153 e. The summed E-state index contributed by atoms with van der Waals surface area (Å²) < 4.78 is 0. The number of pyridine rings is 2. The highest BCUT2D eigenvalue weighted by molar-refractivity contribution is 6.36. The molecule has 4 aromatic rings. The van der Waals surface area contributed by atoms with E-state index in [9.17, 15) is 4.79 Å². The van der Waals surface area contributed by atoms with Gasteiger partial charge >= 0.3 is 0 Å². The highest BCUT2D eigenvalue weighted by Crippen LogP contribution is 2.25. The topological polar surface area (TPSA) is 42.9 Å². The average Bonchev–Trinajstić information content (AvgIpc) is 2.63. The Hall–Kier alpha value is -1.91. The van der Waals surface area contributed by atoms with Crippen LogP contribution in [0.5, 0.6) is 0 Å². The molecule has 0 fully saturated rings. The molecule has 0 aliphatic rings. The smallest absolute Gasteiger partial charge is 0.153 e. The second-order valence-corrected chi connectivity index (χ2v) is 6.80. The lowest BCUT2D eigenvalue weighted by molar-refractivity contribution is 0.112. The van der Waals surface area contributed by atoms with Crippen LogP contribution in [0.3, 0.4) is 0 Å². The number of para-hydroxylation sites is 2. The zero-order valence-corrected chi connectivity index (χ0v) is 16.1. The van der Waals surface area contributed by atoms with Crippen molar-refractivity contribution in [1.82, 2.24) is 9.97 Å². The predicted octanol–water partition coefficient (Wildman–Crippen LogP) is 8.17. The number of carbonyl (C=O) groups is 1. The van der Waals surface area contributed by atoms with E-state index in [-0.39, 0.29) is 20.0 Å². The zero-order chi connectivity index (χ0) is 18.7. The number of aldehydes is 1. The van der Waals surface area contributed by atoms with Crippen LogP contribution in [0.25, 0.3) is 21.8 Å². The lowest BCUT2D eigenvalue weighted by Crippen LogP contribution is -1.88. The Morgan fingerprint density at radius 2 is 1.29 bits per heavy atom. The van der Waals surface area contributed by atoms with E-state index in [1.807, 2.05) is 24.3 Å². The molecule has 7 heteroatoms. The van der Waals surface area contributed by atoms with Gasteiger partial charge in [0.1, 0.15) is 10.3 Å². The number of halogens is 4. The Bertz CT molecular complexity index is 1120. The lowest BCUT2D eigenvalue weighted by atomic mass is 10.2. The van der Waals surface area contributed by atoms with Gasteiger partial charge in [-0.25, -0.2) is 9.97 Å². The van der Waals surface area contributed by atoms with Gasteiger partial charge in [0, 0.05) is 10.8 Å². The summed E-state index contributed by atoms with van der Waals surface area (Å²) in [6, 6.07) is 16.3. The summed E-state index contributed by atoms with van der Waals surface area (Å²) in [6.45, 7) is 0. The van der Waals surface area contributed by atoms with E-state index in [2.05, 4.69) is 9.97 Å². The standard InChI is InChI=1S/C10H5Cl2NO.C9H5Cl2N.2CH4/c11-8-3-1-2-6-4-7(5-14)10(12)13-9(6)8;10-7-3-1-2-6-4-5-8(11)12-9(6)7;;/h1-5H;1-5H;2*1H4. The van der Waals surface area contributed by atoms with Gasteiger partial charge in [0.05, 0.1) is 26.6 Å². The third kappa shape index (κ3) is 5.33. The van der Waals surface area contributed by atoms with Crippen molar-refractivity contribution in [2.45, 2.75) is 14.9 Å². The van der Waals surface area contributed by atoms with Crippen molar-refractivity contribution in [2.75, 3.05) is 0 Å². The van der Waals surface area contributed by atoms with Crippen LogP contribution in [0.4, 0.5) is 0 Å². The van der Waals surface area contributed by atoms with E-state index in [0.29, 0.717) is 32.6 Å². The number of rotatable bonds is 1. The molecule has 0 spiro atoms. The van der Waals surface area contributed by atoms with Crippen LogP contribution >= 0.6 is 46.4 Å². The van der Waals surface area contributed by atoms with Gasteiger partial charge in [-0.3, -0.25) is 4.79 Å². The Morgan fingerprint density at radius 3 is 1.89 bits per heavy atom. The first kappa shape index (κ1) is 24.1. The molecule has 0 amide bonds. The molecule has 28 heavy (non-hydrogen) atoms. The number of carbonyl (C=O) groups excluding carboxylic acids is 1. The van der Waals surface area contributed by atoms with E-state index >= 15 is 0 Å². The molecule has 0 aliphatic heterocycles. The minimum atomic E-state index is 0. The highest BCUT2D eigenvalue weighted by atomic mass is 35.5. The molecule has 0 saturated heterocycles. The molecule has 0 aliphatic carbocycles. The zero-order valence-electron chi connectivity index (χ0n) is 13.1. The monoisotopic (exact) mass is 454 g/mol. The van der Waals surface area contributed by atoms with Gasteiger partial charge in [-0.05, 0) is 30.3 Å². The van der Waals surface area contributed by atoms with Gasteiger partial charge in [0.2, 0.25) is 0 Å². The van der Waals surface area contributed by atoms with Crippen molar-refractivity contribution in [3.8, 4) is 0 Å². The van der Waals surface area contributed by atoms with Crippen LogP contribution in [0.1, 0.15) is 25.2 Å². The summed E-state index contributed by atoms with van der Waals surface area (Å²) in [4.78, 5) is 18.8. The molecule has 4 rings (SSSR count). The van der Waals surface area contributed by atoms with Gasteiger partial charge in [0.15, 0.2) is 6.29 Å². The number of nitrogens with zero attached hydrogens (tertiary/aromatic N) is 2. The van der Waals surface area contributed by atoms with E-state index in [1.165, 1.54) is 0 Å². The Morgan fingerprint density at radius 1 is 0.714 bits per heavy atom. The van der Waals surface area contributed by atoms with E-state index in [1.54, 1.807) is 30.3 Å². The molecule has 0 saturated carbocycles. The molecule has 146 valence electrons. The molecular formula is C21H18Cl4N2O. The third-order valence-electron chi connectivity index (χ3n) is 3.54. The fourth-order valence-electron chi connectivity index (χ4n) is 2.33. The van der Waals surface area contributed by atoms with Gasteiger partial charge < -0.3 is 0 Å². The predicted molar refractivity (Wildman–Crippen MR) is 122 cm³/mol. The number of hydrogen-bond acceptors (Lipinski definition) is 3. The first-order chi connectivity index (χ1) is 12.5. The second kappa shape index (κ2) is 10.6. The van der Waals surface area contributed by atoms with Gasteiger partial charge in [-0.2, -0.15) is 0 Å². The lowest BCUT2D eigenvalue weighted by Gasteiger charge is -2.01. The van der Waals surface area contributed by atoms with Gasteiger partial charge in [-0.15, -0.1) is 0 Å². The number of hydrogen-bond donors (Lipinski definition) is 0. The highest BCUT2D eigenvalue weighted by Gasteiger charge is 2.06. The summed E-state index contributed by atoms with van der Waals surface area (Å²) in [5.41, 5.74) is 1.75. The summed E-state index contributed by atoms with van der Waals surface area (Å²) in [6.07, 6.45) is 0.676. The number of fused-ring (bicyclic) bond motifs is 2. The quantitative estimate of drug-likeness (QED) is 0.214. The molecule has 0 atom stereocenters. The van der Waals surface area contributed by atoms with Gasteiger partial charge in [0.25, 0.3) is 0 Å². The fraction of sp³-hybridized carbons (Fsp3) is 0.0952. The fourth-order valence-corrected chi connectivity index (χ4v) is 3.11. The van der Waals surface area contributed by atoms with Crippen LogP contribution < -0.4 is 0 Å². The van der Waals surface area contributed by atoms with Crippen molar-refractivity contribution in [1.29, 1.82) is 0 Å². The number of benzene rings is 2. The van der Waals surface area contributed by atoms with E-state index in [4.69, 9.17) is 46.4 Å². The molecular weight excluding hydrogens is 438 g/mol. The van der Waals surface area contributed by atoms with Crippen LogP contribution in [-0.2, 0) is 0 Å². The molecule has 2 aromatic carbocycles. The minimum absolute atomic E-state index is 0. The van der Waals surface area contributed by atoms with Crippen molar-refractivity contribution >= 4 is 74.5 Å². The van der Waals surface area contributed by atoms with Crippen LogP contribution in [0, 0.1) is 0 Å². The largest absolute Gasteiger partial charge is 0.298 e. The molecule has 2 aromatic heterocycles. The first-order valence-electron chi connectivity index (χ1n) is 7.40. The maximum absolute atomic E-state index is 10.6. The molecule has 3 nitrogen and oxygen atoms in total. The molecule has 0 N–H and O–H groups in total. The van der Waals surface area contributed by atoms with Crippen LogP contribution in [-0.4, -0.2) is 16.3 Å². The second-order valence-electron chi connectivity index (χ2n) is 5.24. The normalized spacial score (nSPS) is 9.71. The SMILES string of the molecule is C.C.Clc1ccc2cccc(Cl)c2n1.O=Cc1cc2cccc(Cl)c2nc1Cl. The summed E-state index contributed by atoms with van der Waals surface area (Å²) in [7, 11) is 0. The Balaban J connectivity index is 0.000000264. The van der Waals surface area contributed by atoms with Crippen molar-refractivity contribution < 1.29 is 4.79 Å². The van der Waals surface area contributed by atoms with Crippen LogP contribution in [0.15, 0.2) is 54.6 Å². The van der Waals surface area contributed by atoms with E-state index in [0.717, 1.165) is 16.3 Å².